The molecule has 0 aliphatic heterocycles. The van der Waals surface area contributed by atoms with Gasteiger partial charge in [0.1, 0.15) is 5.82 Å². The molecule has 0 saturated carbocycles. The van der Waals surface area contributed by atoms with E-state index in [4.69, 9.17) is 11.6 Å². The van der Waals surface area contributed by atoms with E-state index in [0.29, 0.717) is 30.0 Å². The van der Waals surface area contributed by atoms with Crippen LogP contribution in [0.5, 0.6) is 0 Å². The molecule has 5 nitrogen and oxygen atoms in total. The maximum Gasteiger partial charge on any atom is 0.224 e. The number of hydrogen-bond donors (Lipinski definition) is 2. The number of nitrogens with zero attached hydrogens (tertiary/aromatic N) is 2. The Hall–Kier alpha value is -2.66. The van der Waals surface area contributed by atoms with Crippen LogP contribution in [0.2, 0.25) is 5.02 Å². The fourth-order valence-electron chi connectivity index (χ4n) is 2.51. The molecule has 0 aliphatic carbocycles. The van der Waals surface area contributed by atoms with Gasteiger partial charge in [-0.05, 0) is 30.2 Å². The summed E-state index contributed by atoms with van der Waals surface area (Å²) >= 11 is 5.90. The van der Waals surface area contributed by atoms with E-state index < -0.39 is 0 Å². The second kappa shape index (κ2) is 8.44. The summed E-state index contributed by atoms with van der Waals surface area (Å²) in [6, 6.07) is 17.2. The number of hydrogen-bond acceptors (Lipinski definition) is 3. The summed E-state index contributed by atoms with van der Waals surface area (Å²) in [4.78, 5) is 16.4. The molecular formula is C19H19ClN4O. The number of anilines is 1. The molecule has 0 saturated heterocycles. The average Bonchev–Trinajstić information content (AvgIpc) is 3.03. The lowest BCUT2D eigenvalue weighted by Gasteiger charge is -2.04. The van der Waals surface area contributed by atoms with Gasteiger partial charge in [0, 0.05) is 30.0 Å². The minimum atomic E-state index is -0.0395. The summed E-state index contributed by atoms with van der Waals surface area (Å²) in [6.07, 6.45) is 2.49. The molecule has 1 heterocycles. The Kier molecular flexibility index (Phi) is 5.80. The predicted octanol–water partition coefficient (Wildman–Crippen LogP) is 4.01. The van der Waals surface area contributed by atoms with Gasteiger partial charge in [0.05, 0.1) is 0 Å². The van der Waals surface area contributed by atoms with Gasteiger partial charge in [0.2, 0.25) is 5.91 Å². The van der Waals surface area contributed by atoms with Gasteiger partial charge >= 0.3 is 0 Å². The lowest BCUT2D eigenvalue weighted by atomic mass is 10.1. The van der Waals surface area contributed by atoms with Crippen LogP contribution in [0.15, 0.2) is 54.6 Å². The molecule has 0 spiro atoms. The van der Waals surface area contributed by atoms with Crippen LogP contribution < -0.4 is 5.32 Å². The van der Waals surface area contributed by atoms with Crippen molar-refractivity contribution in [2.45, 2.75) is 25.7 Å². The molecular weight excluding hydrogens is 336 g/mol. The van der Waals surface area contributed by atoms with E-state index >= 15 is 0 Å². The molecule has 1 amide bonds. The first kappa shape index (κ1) is 17.2. The summed E-state index contributed by atoms with van der Waals surface area (Å²) in [5.41, 5.74) is 1.90. The Morgan fingerprint density at radius 2 is 1.96 bits per heavy atom. The van der Waals surface area contributed by atoms with Crippen molar-refractivity contribution < 1.29 is 4.79 Å². The van der Waals surface area contributed by atoms with Crippen molar-refractivity contribution in [2.24, 2.45) is 0 Å². The summed E-state index contributed by atoms with van der Waals surface area (Å²) in [5.74, 6) is 1.54. The van der Waals surface area contributed by atoms with Gasteiger partial charge in [0.25, 0.3) is 0 Å². The Labute approximate surface area is 151 Å². The van der Waals surface area contributed by atoms with Gasteiger partial charge in [-0.2, -0.15) is 5.10 Å². The van der Waals surface area contributed by atoms with Gasteiger partial charge in [-0.3, -0.25) is 9.89 Å². The molecule has 25 heavy (non-hydrogen) atoms. The normalized spacial score (nSPS) is 10.6. The Morgan fingerprint density at radius 3 is 2.76 bits per heavy atom. The minimum Gasteiger partial charge on any atom is -0.326 e. The molecule has 0 fully saturated rings. The van der Waals surface area contributed by atoms with Gasteiger partial charge < -0.3 is 5.32 Å². The highest BCUT2D eigenvalue weighted by molar-refractivity contribution is 6.30. The molecule has 3 aromatic rings. The number of aromatic amines is 1. The average molecular weight is 355 g/mol. The summed E-state index contributed by atoms with van der Waals surface area (Å²) in [7, 11) is 0. The highest BCUT2D eigenvalue weighted by Crippen LogP contribution is 2.15. The fourth-order valence-corrected chi connectivity index (χ4v) is 2.70. The van der Waals surface area contributed by atoms with Crippen molar-refractivity contribution in [3.05, 3.63) is 76.8 Å². The number of benzene rings is 2. The molecule has 2 aromatic carbocycles. The van der Waals surface area contributed by atoms with E-state index in [1.807, 2.05) is 24.3 Å². The Balaban J connectivity index is 1.44. The summed E-state index contributed by atoms with van der Waals surface area (Å²) < 4.78 is 0. The van der Waals surface area contributed by atoms with Crippen molar-refractivity contribution in [2.75, 3.05) is 5.32 Å². The van der Waals surface area contributed by atoms with Crippen LogP contribution in [0.25, 0.3) is 0 Å². The molecule has 0 unspecified atom stereocenters. The number of carbonyl (C=O) groups excluding carboxylic acids is 1. The molecule has 0 atom stereocenters. The highest BCUT2D eigenvalue weighted by atomic mass is 35.5. The zero-order valence-corrected chi connectivity index (χ0v) is 14.5. The Bertz CT molecular complexity index is 832. The van der Waals surface area contributed by atoms with Gasteiger partial charge in [-0.25, -0.2) is 4.98 Å². The van der Waals surface area contributed by atoms with E-state index in [2.05, 4.69) is 32.6 Å². The minimum absolute atomic E-state index is 0.0395. The number of aryl methyl sites for hydroxylation is 1. The number of carbonyl (C=O) groups is 1. The van der Waals surface area contributed by atoms with E-state index in [1.165, 1.54) is 5.56 Å². The summed E-state index contributed by atoms with van der Waals surface area (Å²) in [6.45, 7) is 0. The number of halogens is 1. The first-order valence-corrected chi connectivity index (χ1v) is 8.56. The standard InChI is InChI=1S/C19H19ClN4O/c20-15-8-4-9-16(13-15)21-19(25)11-5-10-17-22-18(24-23-17)12-14-6-2-1-3-7-14/h1-4,6-9,13H,5,10-12H2,(H,21,25)(H,22,23,24). The first-order valence-electron chi connectivity index (χ1n) is 8.18. The number of aromatic nitrogens is 3. The van der Waals surface area contributed by atoms with Crippen molar-refractivity contribution in [3.8, 4) is 0 Å². The number of amides is 1. The Morgan fingerprint density at radius 1 is 1.12 bits per heavy atom. The third-order valence-electron chi connectivity index (χ3n) is 3.71. The fraction of sp³-hybridized carbons (Fsp3) is 0.211. The topological polar surface area (TPSA) is 70.7 Å². The quantitative estimate of drug-likeness (QED) is 0.673. The molecule has 0 bridgehead atoms. The maximum atomic E-state index is 12.0. The van der Waals surface area contributed by atoms with Crippen LogP contribution >= 0.6 is 11.6 Å². The van der Waals surface area contributed by atoms with Crippen LogP contribution in [-0.4, -0.2) is 21.1 Å². The third-order valence-corrected chi connectivity index (χ3v) is 3.94. The van der Waals surface area contributed by atoms with Crippen LogP contribution in [0.1, 0.15) is 30.1 Å². The van der Waals surface area contributed by atoms with Gasteiger partial charge in [-0.1, -0.05) is 48.0 Å². The highest BCUT2D eigenvalue weighted by Gasteiger charge is 2.07. The lowest BCUT2D eigenvalue weighted by Crippen LogP contribution is -2.11. The second-order valence-corrected chi connectivity index (χ2v) is 6.21. The molecule has 2 N–H and O–H groups in total. The lowest BCUT2D eigenvalue weighted by molar-refractivity contribution is -0.116. The SMILES string of the molecule is O=C(CCCc1n[nH]c(Cc2ccccc2)n1)Nc1cccc(Cl)c1. The predicted molar refractivity (Wildman–Crippen MR) is 98.7 cm³/mol. The van der Waals surface area contributed by atoms with Gasteiger partial charge in [0.15, 0.2) is 5.82 Å². The molecule has 128 valence electrons. The van der Waals surface area contributed by atoms with Crippen molar-refractivity contribution >= 4 is 23.2 Å². The van der Waals surface area contributed by atoms with E-state index in [1.54, 1.807) is 18.2 Å². The van der Waals surface area contributed by atoms with Crippen LogP contribution in [-0.2, 0) is 17.6 Å². The second-order valence-electron chi connectivity index (χ2n) is 5.77. The zero-order valence-electron chi connectivity index (χ0n) is 13.7. The smallest absolute Gasteiger partial charge is 0.224 e. The molecule has 3 rings (SSSR count). The van der Waals surface area contributed by atoms with E-state index in [9.17, 15) is 4.79 Å². The summed E-state index contributed by atoms with van der Waals surface area (Å²) in [5, 5.41) is 10.6. The van der Waals surface area contributed by atoms with Crippen molar-refractivity contribution in [1.82, 2.24) is 15.2 Å². The van der Waals surface area contributed by atoms with Crippen molar-refractivity contribution in [1.29, 1.82) is 0 Å². The first-order chi connectivity index (χ1) is 12.2. The third kappa shape index (κ3) is 5.43. The number of H-pyrrole nitrogens is 1. The largest absolute Gasteiger partial charge is 0.326 e. The monoisotopic (exact) mass is 354 g/mol. The number of rotatable bonds is 7. The van der Waals surface area contributed by atoms with Crippen LogP contribution in [0, 0.1) is 0 Å². The van der Waals surface area contributed by atoms with Gasteiger partial charge in [-0.15, -0.1) is 0 Å². The maximum absolute atomic E-state index is 12.0. The molecule has 0 radical (unpaired) electrons. The zero-order chi connectivity index (χ0) is 17.5. The molecule has 0 aliphatic rings. The van der Waals surface area contributed by atoms with E-state index in [0.717, 1.165) is 18.1 Å². The van der Waals surface area contributed by atoms with Crippen LogP contribution in [0.3, 0.4) is 0 Å². The molecule has 1 aromatic heterocycles. The van der Waals surface area contributed by atoms with Crippen molar-refractivity contribution in [3.63, 3.8) is 0 Å². The number of nitrogens with one attached hydrogen (secondary N) is 2. The van der Waals surface area contributed by atoms with Crippen LogP contribution in [0.4, 0.5) is 5.69 Å². The van der Waals surface area contributed by atoms with E-state index in [-0.39, 0.29) is 5.91 Å². The molecule has 6 heteroatoms.